The van der Waals surface area contributed by atoms with Gasteiger partial charge in [-0.3, -0.25) is 4.72 Å². The SMILES string of the molecule is COc1ccc(S(=O)(=O)Nc2ccc(-c3cc4cc(Cl)ccc4[nH]3)cc2)cc1. The summed E-state index contributed by atoms with van der Waals surface area (Å²) in [6.45, 7) is 0. The summed E-state index contributed by atoms with van der Waals surface area (Å²) in [6, 6.07) is 21.1. The third-order valence-corrected chi connectivity index (χ3v) is 6.03. The standard InChI is InChI=1S/C21H17ClN2O3S/c1-27-18-7-9-19(10-8-18)28(25,26)24-17-5-2-14(3-6-17)21-13-15-12-16(22)4-11-20(15)23-21/h2-13,23-24H,1H3. The minimum Gasteiger partial charge on any atom is -0.497 e. The molecule has 0 unspecified atom stereocenters. The Balaban J connectivity index is 1.56. The topological polar surface area (TPSA) is 71.2 Å². The smallest absolute Gasteiger partial charge is 0.261 e. The second-order valence-electron chi connectivity index (χ2n) is 6.27. The van der Waals surface area contributed by atoms with Gasteiger partial charge in [0.1, 0.15) is 5.75 Å². The molecular formula is C21H17ClN2O3S. The Morgan fingerprint density at radius 3 is 2.32 bits per heavy atom. The van der Waals surface area contributed by atoms with Crippen LogP contribution in [0.4, 0.5) is 5.69 Å². The second kappa shape index (κ2) is 7.22. The van der Waals surface area contributed by atoms with Crippen LogP contribution in [0.25, 0.3) is 22.2 Å². The lowest BCUT2D eigenvalue weighted by Gasteiger charge is -2.09. The van der Waals surface area contributed by atoms with E-state index < -0.39 is 10.0 Å². The van der Waals surface area contributed by atoms with Gasteiger partial charge in [-0.25, -0.2) is 8.42 Å². The Kier molecular flexibility index (Phi) is 4.75. The van der Waals surface area contributed by atoms with Crippen molar-refractivity contribution in [3.05, 3.63) is 77.8 Å². The first-order valence-corrected chi connectivity index (χ1v) is 10.4. The van der Waals surface area contributed by atoms with Crippen molar-refractivity contribution in [2.45, 2.75) is 4.90 Å². The molecule has 0 atom stereocenters. The number of aromatic amines is 1. The van der Waals surface area contributed by atoms with E-state index in [0.717, 1.165) is 22.2 Å². The molecule has 0 radical (unpaired) electrons. The average molecular weight is 413 g/mol. The van der Waals surface area contributed by atoms with Gasteiger partial charge in [-0.2, -0.15) is 0 Å². The first-order chi connectivity index (χ1) is 13.4. The molecule has 0 spiro atoms. The molecule has 4 rings (SSSR count). The number of aromatic nitrogens is 1. The van der Waals surface area contributed by atoms with E-state index in [0.29, 0.717) is 16.5 Å². The third kappa shape index (κ3) is 3.69. The fourth-order valence-electron chi connectivity index (χ4n) is 2.95. The maximum atomic E-state index is 12.5. The Morgan fingerprint density at radius 1 is 0.929 bits per heavy atom. The highest BCUT2D eigenvalue weighted by Crippen LogP contribution is 2.27. The zero-order valence-electron chi connectivity index (χ0n) is 14.9. The summed E-state index contributed by atoms with van der Waals surface area (Å²) in [7, 11) is -2.14. The lowest BCUT2D eigenvalue weighted by Crippen LogP contribution is -2.12. The van der Waals surface area contributed by atoms with Gasteiger partial charge >= 0.3 is 0 Å². The predicted molar refractivity (Wildman–Crippen MR) is 113 cm³/mol. The van der Waals surface area contributed by atoms with Gasteiger partial charge in [0.25, 0.3) is 10.0 Å². The van der Waals surface area contributed by atoms with E-state index >= 15 is 0 Å². The number of hydrogen-bond acceptors (Lipinski definition) is 3. The molecule has 28 heavy (non-hydrogen) atoms. The highest BCUT2D eigenvalue weighted by Gasteiger charge is 2.14. The molecule has 0 aliphatic heterocycles. The molecule has 0 bridgehead atoms. The van der Waals surface area contributed by atoms with Crippen LogP contribution in [-0.4, -0.2) is 20.5 Å². The molecule has 0 saturated heterocycles. The molecule has 0 fully saturated rings. The number of H-pyrrole nitrogens is 1. The predicted octanol–water partition coefficient (Wildman–Crippen LogP) is 5.30. The molecule has 0 amide bonds. The van der Waals surface area contributed by atoms with E-state index in [9.17, 15) is 8.42 Å². The molecule has 0 aliphatic rings. The zero-order valence-corrected chi connectivity index (χ0v) is 16.5. The molecular weight excluding hydrogens is 396 g/mol. The van der Waals surface area contributed by atoms with Crippen LogP contribution in [-0.2, 0) is 10.0 Å². The number of methoxy groups -OCH3 is 1. The molecule has 0 aliphatic carbocycles. The van der Waals surface area contributed by atoms with Crippen LogP contribution in [0.1, 0.15) is 0 Å². The quantitative estimate of drug-likeness (QED) is 0.467. The summed E-state index contributed by atoms with van der Waals surface area (Å²) in [5.74, 6) is 0.600. The Morgan fingerprint density at radius 2 is 1.64 bits per heavy atom. The number of ether oxygens (including phenoxy) is 1. The molecule has 7 heteroatoms. The Bertz CT molecular complexity index is 1230. The largest absolute Gasteiger partial charge is 0.497 e. The molecule has 3 aromatic carbocycles. The van der Waals surface area contributed by atoms with Crippen LogP contribution in [0.5, 0.6) is 5.75 Å². The number of nitrogens with one attached hydrogen (secondary N) is 2. The number of benzene rings is 3. The lowest BCUT2D eigenvalue weighted by molar-refractivity contribution is 0.414. The van der Waals surface area contributed by atoms with E-state index in [4.69, 9.17) is 16.3 Å². The van der Waals surface area contributed by atoms with E-state index in [1.165, 1.54) is 19.2 Å². The molecule has 142 valence electrons. The molecule has 0 saturated carbocycles. The van der Waals surface area contributed by atoms with Crippen molar-refractivity contribution in [2.24, 2.45) is 0 Å². The number of anilines is 1. The van der Waals surface area contributed by atoms with Crippen LogP contribution in [0.15, 0.2) is 77.7 Å². The fraction of sp³-hybridized carbons (Fsp3) is 0.0476. The van der Waals surface area contributed by atoms with E-state index in [-0.39, 0.29) is 4.90 Å². The van der Waals surface area contributed by atoms with Crippen LogP contribution in [0, 0.1) is 0 Å². The van der Waals surface area contributed by atoms with E-state index in [1.54, 1.807) is 24.3 Å². The highest BCUT2D eigenvalue weighted by atomic mass is 35.5. The summed E-state index contributed by atoms with van der Waals surface area (Å²) in [4.78, 5) is 3.51. The number of hydrogen-bond donors (Lipinski definition) is 2. The maximum absolute atomic E-state index is 12.5. The summed E-state index contributed by atoms with van der Waals surface area (Å²) < 4.78 is 32.7. The van der Waals surface area contributed by atoms with Crippen LogP contribution in [0.2, 0.25) is 5.02 Å². The molecule has 5 nitrogen and oxygen atoms in total. The summed E-state index contributed by atoms with van der Waals surface area (Å²) in [5.41, 5.74) is 3.35. The zero-order chi connectivity index (χ0) is 19.7. The van der Waals surface area contributed by atoms with Gasteiger partial charge in [0.15, 0.2) is 0 Å². The van der Waals surface area contributed by atoms with Crippen LogP contribution in [0.3, 0.4) is 0 Å². The monoisotopic (exact) mass is 412 g/mol. The molecule has 2 N–H and O–H groups in total. The second-order valence-corrected chi connectivity index (χ2v) is 8.39. The van der Waals surface area contributed by atoms with Gasteiger partial charge in [0.2, 0.25) is 0 Å². The first-order valence-electron chi connectivity index (χ1n) is 8.50. The number of halogens is 1. The van der Waals surface area contributed by atoms with Crippen molar-refractivity contribution < 1.29 is 13.2 Å². The molecule has 1 aromatic heterocycles. The van der Waals surface area contributed by atoms with Crippen LogP contribution >= 0.6 is 11.6 Å². The highest BCUT2D eigenvalue weighted by molar-refractivity contribution is 7.92. The minimum absolute atomic E-state index is 0.171. The van der Waals surface area contributed by atoms with Gasteiger partial charge in [0, 0.05) is 27.3 Å². The van der Waals surface area contributed by atoms with Crippen molar-refractivity contribution in [3.8, 4) is 17.0 Å². The van der Waals surface area contributed by atoms with Gasteiger partial charge < -0.3 is 9.72 Å². The maximum Gasteiger partial charge on any atom is 0.261 e. The van der Waals surface area contributed by atoms with E-state index in [2.05, 4.69) is 9.71 Å². The Hall–Kier alpha value is -2.96. The van der Waals surface area contributed by atoms with Crippen molar-refractivity contribution in [1.29, 1.82) is 0 Å². The minimum atomic E-state index is -3.67. The van der Waals surface area contributed by atoms with Crippen LogP contribution < -0.4 is 9.46 Å². The summed E-state index contributed by atoms with van der Waals surface area (Å²) in [5, 5.41) is 1.70. The van der Waals surface area contributed by atoms with Gasteiger partial charge in [0.05, 0.1) is 12.0 Å². The number of fused-ring (bicyclic) bond motifs is 1. The Labute approximate surface area is 168 Å². The average Bonchev–Trinajstić information content (AvgIpc) is 3.11. The number of rotatable bonds is 5. The van der Waals surface area contributed by atoms with E-state index in [1.807, 2.05) is 36.4 Å². The third-order valence-electron chi connectivity index (χ3n) is 4.40. The van der Waals surface area contributed by atoms with Crippen molar-refractivity contribution in [3.63, 3.8) is 0 Å². The van der Waals surface area contributed by atoms with Crippen molar-refractivity contribution in [2.75, 3.05) is 11.8 Å². The number of sulfonamides is 1. The first kappa shape index (κ1) is 18.4. The van der Waals surface area contributed by atoms with Gasteiger partial charge in [-0.15, -0.1) is 0 Å². The van der Waals surface area contributed by atoms with Gasteiger partial charge in [-0.1, -0.05) is 23.7 Å². The van der Waals surface area contributed by atoms with Crippen molar-refractivity contribution >= 4 is 38.2 Å². The molecule has 4 aromatic rings. The summed E-state index contributed by atoms with van der Waals surface area (Å²) >= 11 is 6.04. The fourth-order valence-corrected chi connectivity index (χ4v) is 4.18. The summed E-state index contributed by atoms with van der Waals surface area (Å²) in [6.07, 6.45) is 0. The van der Waals surface area contributed by atoms with Crippen molar-refractivity contribution in [1.82, 2.24) is 4.98 Å². The lowest BCUT2D eigenvalue weighted by atomic mass is 10.1. The van der Waals surface area contributed by atoms with Gasteiger partial charge in [-0.05, 0) is 66.2 Å². The molecule has 1 heterocycles. The normalized spacial score (nSPS) is 11.5.